The molecule has 0 aliphatic rings. The Balaban J connectivity index is 1.37. The van der Waals surface area contributed by atoms with Gasteiger partial charge in [-0.2, -0.15) is 0 Å². The molecule has 0 bridgehead atoms. The number of amides is 3. The van der Waals surface area contributed by atoms with E-state index in [1.165, 1.54) is 6.20 Å². The SMILES string of the molecule is CC(CC(=O)NNC(=O)c1cccnc1)CC(=O)Nc1ccc(OCc2ccccc2)cc1. The van der Waals surface area contributed by atoms with E-state index in [4.69, 9.17) is 4.74 Å². The van der Waals surface area contributed by atoms with Gasteiger partial charge in [0.25, 0.3) is 5.91 Å². The van der Waals surface area contributed by atoms with Crippen LogP contribution in [0.25, 0.3) is 0 Å². The summed E-state index contributed by atoms with van der Waals surface area (Å²) in [5, 5.41) is 2.82. The number of hydrazine groups is 1. The van der Waals surface area contributed by atoms with E-state index < -0.39 is 5.91 Å². The molecule has 0 saturated carbocycles. The number of ether oxygens (including phenoxy) is 1. The molecule has 0 aliphatic heterocycles. The second kappa shape index (κ2) is 12.0. The standard InChI is InChI=1S/C25H26N4O4/c1-18(15-24(31)28-29-25(32)20-8-5-13-26-16-20)14-23(30)27-21-9-11-22(12-10-21)33-17-19-6-3-2-4-7-19/h2-13,16,18H,14-15,17H2,1H3,(H,27,30)(H,28,31)(H,29,32). The van der Waals surface area contributed by atoms with Crippen LogP contribution in [0.2, 0.25) is 0 Å². The van der Waals surface area contributed by atoms with Gasteiger partial charge in [0.1, 0.15) is 12.4 Å². The Morgan fingerprint density at radius 3 is 2.30 bits per heavy atom. The van der Waals surface area contributed by atoms with Crippen molar-refractivity contribution in [2.24, 2.45) is 5.92 Å². The highest BCUT2D eigenvalue weighted by molar-refractivity contribution is 5.95. The molecule has 170 valence electrons. The van der Waals surface area contributed by atoms with Crippen LogP contribution in [0.1, 0.15) is 35.7 Å². The summed E-state index contributed by atoms with van der Waals surface area (Å²) in [5.74, 6) is -0.554. The zero-order chi connectivity index (χ0) is 23.5. The highest BCUT2D eigenvalue weighted by atomic mass is 16.5. The van der Waals surface area contributed by atoms with Gasteiger partial charge in [-0.05, 0) is 47.9 Å². The Bertz CT molecular complexity index is 1060. The monoisotopic (exact) mass is 446 g/mol. The molecule has 0 radical (unpaired) electrons. The lowest BCUT2D eigenvalue weighted by Gasteiger charge is -2.13. The van der Waals surface area contributed by atoms with Crippen LogP contribution in [0.4, 0.5) is 5.69 Å². The second-order valence-electron chi connectivity index (χ2n) is 7.60. The smallest absolute Gasteiger partial charge is 0.271 e. The van der Waals surface area contributed by atoms with Crippen molar-refractivity contribution >= 4 is 23.4 Å². The van der Waals surface area contributed by atoms with Crippen LogP contribution >= 0.6 is 0 Å². The molecule has 1 unspecified atom stereocenters. The maximum absolute atomic E-state index is 12.3. The summed E-state index contributed by atoms with van der Waals surface area (Å²) in [5.41, 5.74) is 6.74. The van der Waals surface area contributed by atoms with Crippen LogP contribution in [0, 0.1) is 5.92 Å². The van der Waals surface area contributed by atoms with Crippen molar-refractivity contribution in [3.8, 4) is 5.75 Å². The largest absolute Gasteiger partial charge is 0.489 e. The highest BCUT2D eigenvalue weighted by Gasteiger charge is 2.15. The van der Waals surface area contributed by atoms with Crippen LogP contribution in [-0.2, 0) is 16.2 Å². The predicted octanol–water partition coefficient (Wildman–Crippen LogP) is 3.48. The number of carbonyl (C=O) groups is 3. The van der Waals surface area contributed by atoms with E-state index in [-0.39, 0.29) is 30.6 Å². The maximum atomic E-state index is 12.3. The van der Waals surface area contributed by atoms with Crippen LogP contribution in [0.3, 0.4) is 0 Å². The Hall–Kier alpha value is -4.20. The Morgan fingerprint density at radius 1 is 0.879 bits per heavy atom. The van der Waals surface area contributed by atoms with Crippen molar-refractivity contribution in [2.75, 3.05) is 5.32 Å². The Morgan fingerprint density at radius 2 is 1.61 bits per heavy atom. The summed E-state index contributed by atoms with van der Waals surface area (Å²) in [7, 11) is 0. The Labute approximate surface area is 192 Å². The number of aromatic nitrogens is 1. The number of anilines is 1. The fraction of sp³-hybridized carbons (Fsp3) is 0.200. The van der Waals surface area contributed by atoms with Gasteiger partial charge in [-0.3, -0.25) is 30.2 Å². The summed E-state index contributed by atoms with van der Waals surface area (Å²) in [6, 6.07) is 20.2. The number of pyridine rings is 1. The molecule has 1 atom stereocenters. The molecule has 1 heterocycles. The summed E-state index contributed by atoms with van der Waals surface area (Å²) in [4.78, 5) is 40.1. The van der Waals surface area contributed by atoms with Gasteiger partial charge in [0.15, 0.2) is 0 Å². The highest BCUT2D eigenvalue weighted by Crippen LogP contribution is 2.18. The zero-order valence-electron chi connectivity index (χ0n) is 18.3. The molecule has 33 heavy (non-hydrogen) atoms. The van der Waals surface area contributed by atoms with E-state index in [1.807, 2.05) is 30.3 Å². The third-order valence-electron chi connectivity index (χ3n) is 4.69. The molecule has 3 N–H and O–H groups in total. The summed E-state index contributed by atoms with van der Waals surface area (Å²) >= 11 is 0. The molecule has 3 amide bonds. The second-order valence-corrected chi connectivity index (χ2v) is 7.60. The predicted molar refractivity (Wildman–Crippen MR) is 124 cm³/mol. The normalized spacial score (nSPS) is 11.2. The number of benzene rings is 2. The van der Waals surface area contributed by atoms with Gasteiger partial charge in [-0.25, -0.2) is 0 Å². The summed E-state index contributed by atoms with van der Waals surface area (Å²) in [6.07, 6.45) is 3.20. The van der Waals surface area contributed by atoms with Crippen molar-refractivity contribution < 1.29 is 19.1 Å². The minimum atomic E-state index is -0.460. The number of nitrogens with zero attached hydrogens (tertiary/aromatic N) is 1. The average molecular weight is 447 g/mol. The van der Waals surface area contributed by atoms with Crippen LogP contribution in [0.15, 0.2) is 79.1 Å². The number of carbonyl (C=O) groups excluding carboxylic acids is 3. The third-order valence-corrected chi connectivity index (χ3v) is 4.69. The minimum Gasteiger partial charge on any atom is -0.489 e. The van der Waals surface area contributed by atoms with Gasteiger partial charge >= 0.3 is 0 Å². The number of hydrogen-bond acceptors (Lipinski definition) is 5. The first-order chi connectivity index (χ1) is 16.0. The van der Waals surface area contributed by atoms with Crippen molar-refractivity contribution in [1.82, 2.24) is 15.8 Å². The zero-order valence-corrected chi connectivity index (χ0v) is 18.3. The van der Waals surface area contributed by atoms with Crippen LogP contribution < -0.4 is 20.9 Å². The minimum absolute atomic E-state index is 0.0903. The van der Waals surface area contributed by atoms with Gasteiger partial charge < -0.3 is 10.1 Å². The van der Waals surface area contributed by atoms with E-state index in [0.717, 1.165) is 5.56 Å². The summed E-state index contributed by atoms with van der Waals surface area (Å²) < 4.78 is 5.74. The summed E-state index contributed by atoms with van der Waals surface area (Å²) in [6.45, 7) is 2.26. The molecule has 8 nitrogen and oxygen atoms in total. The molecule has 0 aliphatic carbocycles. The van der Waals surface area contributed by atoms with E-state index in [2.05, 4.69) is 21.2 Å². The lowest BCUT2D eigenvalue weighted by molar-refractivity contribution is -0.123. The van der Waals surface area contributed by atoms with Gasteiger partial charge in [0.2, 0.25) is 11.8 Å². The molecule has 1 aromatic heterocycles. The lowest BCUT2D eigenvalue weighted by Crippen LogP contribution is -2.42. The molecule has 0 spiro atoms. The van der Waals surface area contributed by atoms with Gasteiger partial charge in [0.05, 0.1) is 5.56 Å². The maximum Gasteiger partial charge on any atom is 0.271 e. The first-order valence-electron chi connectivity index (χ1n) is 10.6. The van der Waals surface area contributed by atoms with Gasteiger partial charge in [-0.1, -0.05) is 37.3 Å². The first kappa shape index (κ1) is 23.5. The van der Waals surface area contributed by atoms with Crippen molar-refractivity contribution in [3.05, 3.63) is 90.3 Å². The van der Waals surface area contributed by atoms with E-state index in [1.54, 1.807) is 49.5 Å². The molecule has 0 fully saturated rings. The molecule has 0 saturated heterocycles. The van der Waals surface area contributed by atoms with Crippen molar-refractivity contribution in [2.45, 2.75) is 26.4 Å². The first-order valence-corrected chi connectivity index (χ1v) is 10.6. The average Bonchev–Trinajstić information content (AvgIpc) is 2.83. The van der Waals surface area contributed by atoms with Crippen LogP contribution in [0.5, 0.6) is 5.75 Å². The fourth-order valence-corrected chi connectivity index (χ4v) is 3.04. The quantitative estimate of drug-likeness (QED) is 0.436. The molecule has 3 aromatic rings. The Kier molecular flexibility index (Phi) is 8.53. The van der Waals surface area contributed by atoms with Crippen molar-refractivity contribution in [1.29, 1.82) is 0 Å². The molecule has 2 aromatic carbocycles. The molecular weight excluding hydrogens is 420 g/mol. The third kappa shape index (κ3) is 8.10. The number of nitrogens with one attached hydrogen (secondary N) is 3. The van der Waals surface area contributed by atoms with Gasteiger partial charge in [-0.15, -0.1) is 0 Å². The van der Waals surface area contributed by atoms with Gasteiger partial charge in [0, 0.05) is 30.9 Å². The van der Waals surface area contributed by atoms with E-state index >= 15 is 0 Å². The molecular formula is C25H26N4O4. The van der Waals surface area contributed by atoms with E-state index in [0.29, 0.717) is 23.6 Å². The number of rotatable bonds is 9. The van der Waals surface area contributed by atoms with Crippen LogP contribution in [-0.4, -0.2) is 22.7 Å². The topological polar surface area (TPSA) is 109 Å². The molecule has 3 rings (SSSR count). The van der Waals surface area contributed by atoms with E-state index in [9.17, 15) is 14.4 Å². The number of hydrogen-bond donors (Lipinski definition) is 3. The van der Waals surface area contributed by atoms with Crippen molar-refractivity contribution in [3.63, 3.8) is 0 Å². The fourth-order valence-electron chi connectivity index (χ4n) is 3.04. The molecule has 8 heteroatoms. The lowest BCUT2D eigenvalue weighted by atomic mass is 10.0.